The molecule has 2 aromatic carbocycles. The lowest BCUT2D eigenvalue weighted by Gasteiger charge is -2.36. The minimum Gasteiger partial charge on any atom is -0.492 e. The van der Waals surface area contributed by atoms with Gasteiger partial charge in [-0.15, -0.1) is 0 Å². The molecule has 0 unspecified atom stereocenters. The molecule has 35 heavy (non-hydrogen) atoms. The normalized spacial score (nSPS) is 16.9. The Bertz CT molecular complexity index is 1410. The lowest BCUT2D eigenvalue weighted by Crippen LogP contribution is -2.41. The number of rotatable bonds is 3. The van der Waals surface area contributed by atoms with Gasteiger partial charge in [0.1, 0.15) is 11.4 Å². The number of pyridine rings is 1. The Morgan fingerprint density at radius 3 is 2.51 bits per heavy atom. The fourth-order valence-corrected chi connectivity index (χ4v) is 5.46. The summed E-state index contributed by atoms with van der Waals surface area (Å²) in [5.41, 5.74) is 7.34. The topological polar surface area (TPSA) is 61.5 Å². The molecule has 2 aliphatic rings. The Morgan fingerprint density at radius 1 is 1.03 bits per heavy atom. The number of nitrogens with zero attached hydrogens (tertiary/aromatic N) is 3. The van der Waals surface area contributed by atoms with E-state index in [9.17, 15) is 4.79 Å². The predicted molar refractivity (Wildman–Crippen MR) is 139 cm³/mol. The van der Waals surface area contributed by atoms with Crippen molar-refractivity contribution in [2.24, 2.45) is 0 Å². The molecular formula is C29H30N4O2. The van der Waals surface area contributed by atoms with Crippen molar-refractivity contribution in [3.05, 3.63) is 72.1 Å². The summed E-state index contributed by atoms with van der Waals surface area (Å²) in [6.07, 6.45) is 6.20. The minimum absolute atomic E-state index is 0.000264. The minimum atomic E-state index is 0.000264. The van der Waals surface area contributed by atoms with Crippen LogP contribution in [-0.4, -0.2) is 66.5 Å². The lowest BCUT2D eigenvalue weighted by atomic mass is 9.74. The standard InChI is InChI=1S/C29H30N4O2/c1-32(2)28(34)20-6-4-19(5-7-20)24-17-31-27-23(24)14-22(16-30-27)21-8-9-25-26(15-21)35-18-29(25)10-12-33(3)13-11-29/h4-9,14-17H,10-13,18H2,1-3H3,(H,30,31). The molecule has 0 atom stereocenters. The molecule has 0 saturated carbocycles. The highest BCUT2D eigenvalue weighted by Gasteiger charge is 2.42. The van der Waals surface area contributed by atoms with Gasteiger partial charge in [0.05, 0.1) is 6.61 Å². The SMILES string of the molecule is CN1CCC2(CC1)COc1cc(-c3cnc4[nH]cc(-c5ccc(C(=O)N(C)C)cc5)c4c3)ccc12. The molecule has 6 nitrogen and oxygen atoms in total. The van der Waals surface area contributed by atoms with Crippen LogP contribution in [0.4, 0.5) is 0 Å². The van der Waals surface area contributed by atoms with Crippen LogP contribution in [0, 0.1) is 0 Å². The highest BCUT2D eigenvalue weighted by atomic mass is 16.5. The van der Waals surface area contributed by atoms with E-state index >= 15 is 0 Å². The monoisotopic (exact) mass is 466 g/mol. The first kappa shape index (κ1) is 21.9. The van der Waals surface area contributed by atoms with Gasteiger partial charge in [-0.05, 0) is 68.4 Å². The van der Waals surface area contributed by atoms with Crippen LogP contribution in [0.1, 0.15) is 28.8 Å². The van der Waals surface area contributed by atoms with Crippen molar-refractivity contribution in [2.45, 2.75) is 18.3 Å². The molecule has 1 saturated heterocycles. The number of aromatic amines is 1. The molecule has 4 aromatic rings. The van der Waals surface area contributed by atoms with E-state index in [-0.39, 0.29) is 11.3 Å². The van der Waals surface area contributed by atoms with Crippen LogP contribution in [0.25, 0.3) is 33.3 Å². The van der Waals surface area contributed by atoms with Gasteiger partial charge in [-0.1, -0.05) is 24.3 Å². The van der Waals surface area contributed by atoms with E-state index < -0.39 is 0 Å². The second-order valence-electron chi connectivity index (χ2n) is 10.2. The first-order valence-corrected chi connectivity index (χ1v) is 12.2. The lowest BCUT2D eigenvalue weighted by molar-refractivity contribution is 0.0827. The Hall–Kier alpha value is -3.64. The molecule has 2 aliphatic heterocycles. The van der Waals surface area contributed by atoms with E-state index in [1.54, 1.807) is 19.0 Å². The van der Waals surface area contributed by atoms with Crippen LogP contribution < -0.4 is 4.74 Å². The number of nitrogens with one attached hydrogen (secondary N) is 1. The molecule has 1 amide bonds. The molecule has 0 aliphatic carbocycles. The highest BCUT2D eigenvalue weighted by molar-refractivity contribution is 5.98. The van der Waals surface area contributed by atoms with Gasteiger partial charge in [-0.2, -0.15) is 0 Å². The summed E-state index contributed by atoms with van der Waals surface area (Å²) in [4.78, 5) is 24.2. The molecular weight excluding hydrogens is 436 g/mol. The van der Waals surface area contributed by atoms with Gasteiger partial charge in [0.2, 0.25) is 0 Å². The molecule has 0 bridgehead atoms. The summed E-state index contributed by atoms with van der Waals surface area (Å²) in [5.74, 6) is 1.02. The molecule has 1 fully saturated rings. The van der Waals surface area contributed by atoms with Gasteiger partial charge in [-0.25, -0.2) is 4.98 Å². The van der Waals surface area contributed by atoms with Gasteiger partial charge in [0, 0.05) is 59.5 Å². The fourth-order valence-electron chi connectivity index (χ4n) is 5.46. The maximum Gasteiger partial charge on any atom is 0.253 e. The average Bonchev–Trinajstić information content (AvgIpc) is 3.46. The molecule has 178 valence electrons. The van der Waals surface area contributed by atoms with Crippen LogP contribution in [0.2, 0.25) is 0 Å². The van der Waals surface area contributed by atoms with Gasteiger partial charge in [0.25, 0.3) is 5.91 Å². The van der Waals surface area contributed by atoms with Crippen LogP contribution in [0.5, 0.6) is 5.75 Å². The fraction of sp³-hybridized carbons (Fsp3) is 0.310. The predicted octanol–water partition coefficient (Wildman–Crippen LogP) is 4.95. The Morgan fingerprint density at radius 2 is 1.77 bits per heavy atom. The van der Waals surface area contributed by atoms with E-state index in [0.717, 1.165) is 71.6 Å². The van der Waals surface area contributed by atoms with Crippen molar-refractivity contribution in [3.8, 4) is 28.0 Å². The summed E-state index contributed by atoms with van der Waals surface area (Å²) in [6, 6.07) is 16.6. The van der Waals surface area contributed by atoms with Crippen molar-refractivity contribution in [3.63, 3.8) is 0 Å². The molecule has 4 heterocycles. The summed E-state index contributed by atoms with van der Waals surface area (Å²) >= 11 is 0. The Balaban J connectivity index is 1.33. The number of fused-ring (bicyclic) bond motifs is 3. The molecule has 0 radical (unpaired) electrons. The van der Waals surface area contributed by atoms with Crippen molar-refractivity contribution < 1.29 is 9.53 Å². The van der Waals surface area contributed by atoms with Crippen LogP contribution in [-0.2, 0) is 5.41 Å². The number of ether oxygens (including phenoxy) is 1. The van der Waals surface area contributed by atoms with Gasteiger partial charge in [-0.3, -0.25) is 4.79 Å². The van der Waals surface area contributed by atoms with E-state index in [0.29, 0.717) is 5.56 Å². The number of carbonyl (C=O) groups is 1. The first-order chi connectivity index (χ1) is 16.9. The molecule has 1 spiro atoms. The number of amides is 1. The molecule has 6 heteroatoms. The van der Waals surface area contributed by atoms with Crippen molar-refractivity contribution in [1.82, 2.24) is 19.8 Å². The van der Waals surface area contributed by atoms with Gasteiger partial charge >= 0.3 is 0 Å². The Labute approximate surface area is 205 Å². The number of benzene rings is 2. The number of H-pyrrole nitrogens is 1. The zero-order valence-corrected chi connectivity index (χ0v) is 20.5. The maximum atomic E-state index is 12.2. The van der Waals surface area contributed by atoms with E-state index in [2.05, 4.69) is 41.2 Å². The first-order valence-electron chi connectivity index (χ1n) is 12.2. The van der Waals surface area contributed by atoms with Crippen LogP contribution in [0.3, 0.4) is 0 Å². The summed E-state index contributed by atoms with van der Waals surface area (Å²) in [5, 5.41) is 1.06. The average molecular weight is 467 g/mol. The second kappa shape index (κ2) is 8.24. The van der Waals surface area contributed by atoms with Gasteiger partial charge < -0.3 is 19.5 Å². The van der Waals surface area contributed by atoms with Crippen molar-refractivity contribution in [1.29, 1.82) is 0 Å². The number of likely N-dealkylation sites (tertiary alicyclic amines) is 1. The van der Waals surface area contributed by atoms with E-state index in [1.165, 1.54) is 5.56 Å². The van der Waals surface area contributed by atoms with E-state index in [1.807, 2.05) is 36.7 Å². The number of hydrogen-bond acceptors (Lipinski definition) is 4. The number of piperidine rings is 1. The third-order valence-electron chi connectivity index (χ3n) is 7.71. The van der Waals surface area contributed by atoms with E-state index in [4.69, 9.17) is 9.72 Å². The Kier molecular flexibility index (Phi) is 5.15. The van der Waals surface area contributed by atoms with Crippen LogP contribution >= 0.6 is 0 Å². The number of hydrogen-bond donors (Lipinski definition) is 1. The highest BCUT2D eigenvalue weighted by Crippen LogP contribution is 2.46. The largest absolute Gasteiger partial charge is 0.492 e. The number of aromatic nitrogens is 2. The smallest absolute Gasteiger partial charge is 0.253 e. The third-order valence-corrected chi connectivity index (χ3v) is 7.71. The van der Waals surface area contributed by atoms with Crippen LogP contribution in [0.15, 0.2) is 60.9 Å². The molecule has 2 aromatic heterocycles. The zero-order chi connectivity index (χ0) is 24.2. The molecule has 1 N–H and O–H groups in total. The van der Waals surface area contributed by atoms with Gasteiger partial charge in [0.15, 0.2) is 0 Å². The maximum absolute atomic E-state index is 12.2. The van der Waals surface area contributed by atoms with Crippen molar-refractivity contribution >= 4 is 16.9 Å². The summed E-state index contributed by atoms with van der Waals surface area (Å²) in [7, 11) is 5.73. The number of carbonyl (C=O) groups excluding carboxylic acids is 1. The third kappa shape index (κ3) is 3.69. The molecule has 6 rings (SSSR count). The quantitative estimate of drug-likeness (QED) is 0.464. The second-order valence-corrected chi connectivity index (χ2v) is 10.2. The zero-order valence-electron chi connectivity index (χ0n) is 20.5. The summed E-state index contributed by atoms with van der Waals surface area (Å²) < 4.78 is 6.23. The summed E-state index contributed by atoms with van der Waals surface area (Å²) in [6.45, 7) is 3.02. The van der Waals surface area contributed by atoms with Crippen molar-refractivity contribution in [2.75, 3.05) is 40.8 Å².